The van der Waals surface area contributed by atoms with Crippen molar-refractivity contribution < 1.29 is 9.53 Å². The number of ether oxygens (including phenoxy) is 1. The van der Waals surface area contributed by atoms with Gasteiger partial charge in [0.2, 0.25) is 5.16 Å². The molecule has 0 aliphatic heterocycles. The molecule has 0 aromatic carbocycles. The average molecular weight is 301 g/mol. The average Bonchev–Trinajstić information content (AvgIpc) is 2.86. The summed E-state index contributed by atoms with van der Waals surface area (Å²) in [5, 5.41) is 15.3. The molecule has 0 amide bonds. The molecule has 1 heterocycles. The van der Waals surface area contributed by atoms with E-state index >= 15 is 0 Å². The van der Waals surface area contributed by atoms with Crippen LogP contribution in [0.1, 0.15) is 33.1 Å². The van der Waals surface area contributed by atoms with Crippen molar-refractivity contribution in [2.75, 3.05) is 19.4 Å². The lowest BCUT2D eigenvalue weighted by Gasteiger charge is -2.27. The van der Waals surface area contributed by atoms with E-state index in [9.17, 15) is 4.79 Å². The molecule has 0 aliphatic carbocycles. The first-order chi connectivity index (χ1) is 9.53. The molecule has 1 aromatic heterocycles. The summed E-state index contributed by atoms with van der Waals surface area (Å²) in [4.78, 5) is 11.9. The van der Waals surface area contributed by atoms with E-state index in [-0.39, 0.29) is 5.97 Å². The molecule has 1 aromatic rings. The zero-order valence-electron chi connectivity index (χ0n) is 12.5. The third kappa shape index (κ3) is 4.75. The minimum atomic E-state index is -0.622. The molecule has 0 fully saturated rings. The third-order valence-electron chi connectivity index (χ3n) is 3.03. The molecular formula is C12H23N5O2S. The van der Waals surface area contributed by atoms with Crippen LogP contribution in [0.25, 0.3) is 0 Å². The second-order valence-electron chi connectivity index (χ2n) is 4.79. The number of nitrogens with zero attached hydrogens (tertiary/aromatic N) is 4. The van der Waals surface area contributed by atoms with Gasteiger partial charge in [0, 0.05) is 12.8 Å². The van der Waals surface area contributed by atoms with Crippen molar-refractivity contribution in [1.29, 1.82) is 0 Å². The first-order valence-electron chi connectivity index (χ1n) is 6.72. The number of tetrazole rings is 1. The topological polar surface area (TPSA) is 81.9 Å². The standard InChI is InChI=1S/C12H23N5O2S/c1-5-8-13-12(2,10(18)19-4)7-6-9-20-11-14-15-16-17(11)3/h13H,5-9H2,1-4H3. The Morgan fingerprint density at radius 2 is 2.30 bits per heavy atom. The van der Waals surface area contributed by atoms with E-state index < -0.39 is 5.54 Å². The number of hydrogen-bond acceptors (Lipinski definition) is 7. The Kier molecular flexibility index (Phi) is 6.94. The summed E-state index contributed by atoms with van der Waals surface area (Å²) in [7, 11) is 3.23. The molecule has 1 rings (SSSR count). The molecule has 0 aliphatic rings. The first kappa shape index (κ1) is 16.9. The van der Waals surface area contributed by atoms with E-state index in [1.165, 1.54) is 7.11 Å². The van der Waals surface area contributed by atoms with Gasteiger partial charge >= 0.3 is 5.97 Å². The van der Waals surface area contributed by atoms with Gasteiger partial charge in [-0.15, -0.1) is 5.10 Å². The van der Waals surface area contributed by atoms with Crippen LogP contribution in [0, 0.1) is 0 Å². The van der Waals surface area contributed by atoms with E-state index in [4.69, 9.17) is 4.74 Å². The van der Waals surface area contributed by atoms with Crippen molar-refractivity contribution in [2.45, 2.75) is 43.8 Å². The molecule has 0 radical (unpaired) electrons. The smallest absolute Gasteiger partial charge is 0.325 e. The Morgan fingerprint density at radius 3 is 2.85 bits per heavy atom. The fourth-order valence-electron chi connectivity index (χ4n) is 1.82. The predicted molar refractivity (Wildman–Crippen MR) is 77.5 cm³/mol. The van der Waals surface area contributed by atoms with Gasteiger partial charge < -0.3 is 10.1 Å². The summed E-state index contributed by atoms with van der Waals surface area (Å²) >= 11 is 1.58. The van der Waals surface area contributed by atoms with Crippen LogP contribution in [0.2, 0.25) is 0 Å². The third-order valence-corrected chi connectivity index (χ3v) is 4.13. The Labute approximate surface area is 123 Å². The molecule has 0 spiro atoms. The SMILES string of the molecule is CCCNC(C)(CCCSc1nnnn1C)C(=O)OC. The van der Waals surface area contributed by atoms with Crippen LogP contribution in [0.4, 0.5) is 0 Å². The number of methoxy groups -OCH3 is 1. The van der Waals surface area contributed by atoms with Gasteiger partial charge in [-0.25, -0.2) is 4.68 Å². The Hall–Kier alpha value is -1.15. The van der Waals surface area contributed by atoms with E-state index in [1.807, 2.05) is 14.0 Å². The van der Waals surface area contributed by atoms with Crippen molar-refractivity contribution >= 4 is 17.7 Å². The maximum absolute atomic E-state index is 11.9. The van der Waals surface area contributed by atoms with Crippen LogP contribution in [0.3, 0.4) is 0 Å². The molecule has 114 valence electrons. The molecule has 1 N–H and O–H groups in total. The molecule has 20 heavy (non-hydrogen) atoms. The van der Waals surface area contributed by atoms with Gasteiger partial charge in [-0.3, -0.25) is 4.79 Å². The quantitative estimate of drug-likeness (QED) is 0.414. The van der Waals surface area contributed by atoms with E-state index in [0.717, 1.165) is 36.7 Å². The summed E-state index contributed by atoms with van der Waals surface area (Å²) in [6, 6.07) is 0. The zero-order valence-corrected chi connectivity index (χ0v) is 13.4. The van der Waals surface area contributed by atoms with E-state index in [1.54, 1.807) is 16.4 Å². The fourth-order valence-corrected chi connectivity index (χ4v) is 2.61. The van der Waals surface area contributed by atoms with Crippen LogP contribution < -0.4 is 5.32 Å². The van der Waals surface area contributed by atoms with Gasteiger partial charge in [0.05, 0.1) is 7.11 Å². The van der Waals surface area contributed by atoms with Crippen LogP contribution in [-0.4, -0.2) is 51.1 Å². The number of aryl methyl sites for hydroxylation is 1. The summed E-state index contributed by atoms with van der Waals surface area (Å²) < 4.78 is 6.53. The molecular weight excluding hydrogens is 278 g/mol. The number of carbonyl (C=O) groups is 1. The molecule has 0 saturated heterocycles. The fraction of sp³-hybridized carbons (Fsp3) is 0.833. The van der Waals surface area contributed by atoms with Gasteiger partial charge in [0.15, 0.2) is 0 Å². The van der Waals surface area contributed by atoms with Crippen molar-refractivity contribution in [3.05, 3.63) is 0 Å². The molecule has 1 atom stereocenters. The number of carbonyl (C=O) groups excluding carboxylic acids is 1. The lowest BCUT2D eigenvalue weighted by Crippen LogP contribution is -2.50. The Balaban J connectivity index is 2.42. The molecule has 1 unspecified atom stereocenters. The van der Waals surface area contributed by atoms with Gasteiger partial charge in [0.25, 0.3) is 0 Å². The van der Waals surface area contributed by atoms with Crippen molar-refractivity contribution in [1.82, 2.24) is 25.5 Å². The largest absolute Gasteiger partial charge is 0.468 e. The summed E-state index contributed by atoms with van der Waals surface area (Å²) in [6.07, 6.45) is 2.57. The summed E-state index contributed by atoms with van der Waals surface area (Å²) in [6.45, 7) is 4.76. The number of hydrogen-bond donors (Lipinski definition) is 1. The highest BCUT2D eigenvalue weighted by Crippen LogP contribution is 2.19. The zero-order chi connectivity index (χ0) is 15.0. The number of rotatable bonds is 9. The lowest BCUT2D eigenvalue weighted by molar-refractivity contribution is -0.148. The van der Waals surface area contributed by atoms with Gasteiger partial charge in [-0.1, -0.05) is 18.7 Å². The van der Waals surface area contributed by atoms with E-state index in [0.29, 0.717) is 0 Å². The van der Waals surface area contributed by atoms with Crippen LogP contribution in [-0.2, 0) is 16.6 Å². The predicted octanol–water partition coefficient (Wildman–Crippen LogP) is 1.01. The number of aromatic nitrogens is 4. The van der Waals surface area contributed by atoms with Gasteiger partial charge in [-0.05, 0) is 43.2 Å². The highest BCUT2D eigenvalue weighted by Gasteiger charge is 2.32. The Bertz CT molecular complexity index is 426. The minimum absolute atomic E-state index is 0.212. The van der Waals surface area contributed by atoms with Crippen LogP contribution in [0.15, 0.2) is 5.16 Å². The summed E-state index contributed by atoms with van der Waals surface area (Å²) in [5.41, 5.74) is -0.622. The maximum atomic E-state index is 11.9. The van der Waals surface area contributed by atoms with Crippen LogP contribution >= 0.6 is 11.8 Å². The monoisotopic (exact) mass is 301 g/mol. The first-order valence-corrected chi connectivity index (χ1v) is 7.70. The Morgan fingerprint density at radius 1 is 1.55 bits per heavy atom. The number of thioether (sulfide) groups is 1. The van der Waals surface area contributed by atoms with Crippen LogP contribution in [0.5, 0.6) is 0 Å². The van der Waals surface area contributed by atoms with Gasteiger partial charge in [0.1, 0.15) is 5.54 Å². The number of esters is 1. The molecule has 0 bridgehead atoms. The molecule has 8 heteroatoms. The van der Waals surface area contributed by atoms with Gasteiger partial charge in [-0.2, -0.15) is 0 Å². The molecule has 7 nitrogen and oxygen atoms in total. The van der Waals surface area contributed by atoms with Crippen molar-refractivity contribution in [2.24, 2.45) is 7.05 Å². The lowest BCUT2D eigenvalue weighted by atomic mass is 9.96. The van der Waals surface area contributed by atoms with Crippen molar-refractivity contribution in [3.63, 3.8) is 0 Å². The molecule has 0 saturated carbocycles. The number of nitrogens with one attached hydrogen (secondary N) is 1. The second-order valence-corrected chi connectivity index (χ2v) is 5.85. The maximum Gasteiger partial charge on any atom is 0.325 e. The van der Waals surface area contributed by atoms with Crippen molar-refractivity contribution in [3.8, 4) is 0 Å². The van der Waals surface area contributed by atoms with E-state index in [2.05, 4.69) is 27.8 Å². The highest BCUT2D eigenvalue weighted by molar-refractivity contribution is 7.99. The minimum Gasteiger partial charge on any atom is -0.468 e. The summed E-state index contributed by atoms with van der Waals surface area (Å²) in [5.74, 6) is 0.644. The normalized spacial score (nSPS) is 14.0. The highest BCUT2D eigenvalue weighted by atomic mass is 32.2. The second kappa shape index (κ2) is 8.21.